The van der Waals surface area contributed by atoms with Crippen molar-refractivity contribution in [1.82, 2.24) is 14.5 Å². The largest absolute Gasteiger partial charge is 0.457 e. The van der Waals surface area contributed by atoms with Gasteiger partial charge >= 0.3 is 0 Å². The minimum Gasteiger partial charge on any atom is -0.457 e. The highest BCUT2D eigenvalue weighted by molar-refractivity contribution is 7.88. The lowest BCUT2D eigenvalue weighted by Crippen LogP contribution is -2.36. The number of amides is 1. The van der Waals surface area contributed by atoms with Crippen LogP contribution in [0.15, 0.2) is 84.9 Å². The Kier molecular flexibility index (Phi) is 6.35. The molecule has 1 amide bonds. The van der Waals surface area contributed by atoms with Gasteiger partial charge in [0.2, 0.25) is 10.0 Å². The summed E-state index contributed by atoms with van der Waals surface area (Å²) in [6, 6.07) is 25.3. The van der Waals surface area contributed by atoms with Gasteiger partial charge in [0.05, 0.1) is 5.75 Å². The maximum Gasteiger partial charge on any atom is 0.257 e. The summed E-state index contributed by atoms with van der Waals surface area (Å²) >= 11 is 0. The molecular formula is C26H24N4O4S. The van der Waals surface area contributed by atoms with Crippen molar-refractivity contribution < 1.29 is 17.9 Å². The topological polar surface area (TPSA) is 104 Å². The first-order valence-corrected chi connectivity index (χ1v) is 12.8. The molecule has 0 aliphatic carbocycles. The maximum absolute atomic E-state index is 13.0. The van der Waals surface area contributed by atoms with Crippen LogP contribution in [0.4, 0.5) is 5.82 Å². The van der Waals surface area contributed by atoms with Gasteiger partial charge in [-0.05, 0) is 35.9 Å². The van der Waals surface area contributed by atoms with Crippen LogP contribution in [0.3, 0.4) is 0 Å². The van der Waals surface area contributed by atoms with E-state index in [1.807, 2.05) is 48.5 Å². The van der Waals surface area contributed by atoms with E-state index in [9.17, 15) is 13.2 Å². The molecule has 2 heterocycles. The zero-order valence-electron chi connectivity index (χ0n) is 18.8. The molecule has 0 radical (unpaired) electrons. The Balaban J connectivity index is 1.30. The summed E-state index contributed by atoms with van der Waals surface area (Å²) < 4.78 is 33.3. The number of carbonyl (C=O) groups is 1. The predicted octanol–water partition coefficient (Wildman–Crippen LogP) is 4.34. The average Bonchev–Trinajstić information content (AvgIpc) is 3.27. The van der Waals surface area contributed by atoms with Gasteiger partial charge in [0.25, 0.3) is 5.91 Å². The van der Waals surface area contributed by atoms with E-state index in [1.54, 1.807) is 36.4 Å². The fraction of sp³-hybridized carbons (Fsp3) is 0.154. The van der Waals surface area contributed by atoms with Gasteiger partial charge in [-0.25, -0.2) is 8.42 Å². The number of fused-ring (bicyclic) bond motifs is 1. The summed E-state index contributed by atoms with van der Waals surface area (Å²) in [5.74, 6) is 1.10. The highest BCUT2D eigenvalue weighted by Gasteiger charge is 2.30. The number of ether oxygens (including phenoxy) is 1. The van der Waals surface area contributed by atoms with Crippen molar-refractivity contribution in [2.24, 2.45) is 0 Å². The number of benzene rings is 3. The monoisotopic (exact) mass is 488 g/mol. The molecule has 0 fully saturated rings. The van der Waals surface area contributed by atoms with E-state index in [0.717, 1.165) is 11.3 Å². The zero-order valence-corrected chi connectivity index (χ0v) is 19.7. The molecule has 4 aromatic rings. The molecule has 0 bridgehead atoms. The molecule has 0 unspecified atom stereocenters. The maximum atomic E-state index is 13.0. The van der Waals surface area contributed by atoms with Gasteiger partial charge in [-0.1, -0.05) is 54.6 Å². The molecule has 35 heavy (non-hydrogen) atoms. The lowest BCUT2D eigenvalue weighted by atomic mass is 10.1. The van der Waals surface area contributed by atoms with E-state index in [4.69, 9.17) is 4.74 Å². The first-order valence-electron chi connectivity index (χ1n) is 11.2. The molecular weight excluding hydrogens is 464 g/mol. The fourth-order valence-corrected chi connectivity index (χ4v) is 5.48. The van der Waals surface area contributed by atoms with Crippen LogP contribution in [0, 0.1) is 0 Å². The van der Waals surface area contributed by atoms with Crippen molar-refractivity contribution in [2.45, 2.75) is 18.7 Å². The van der Waals surface area contributed by atoms with Crippen molar-refractivity contribution in [3.8, 4) is 11.5 Å². The van der Waals surface area contributed by atoms with Crippen molar-refractivity contribution in [3.05, 3.63) is 107 Å². The Morgan fingerprint density at radius 1 is 0.971 bits per heavy atom. The Morgan fingerprint density at radius 2 is 1.69 bits per heavy atom. The van der Waals surface area contributed by atoms with Crippen LogP contribution in [0.5, 0.6) is 11.5 Å². The van der Waals surface area contributed by atoms with Gasteiger partial charge < -0.3 is 10.1 Å². The molecule has 0 saturated heterocycles. The van der Waals surface area contributed by atoms with Crippen molar-refractivity contribution in [2.75, 3.05) is 11.9 Å². The number of para-hydroxylation sites is 1. The van der Waals surface area contributed by atoms with E-state index in [-0.39, 0.29) is 18.2 Å². The second kappa shape index (κ2) is 9.73. The summed E-state index contributed by atoms with van der Waals surface area (Å²) in [5.41, 5.74) is 2.64. The molecule has 9 heteroatoms. The second-order valence-electron chi connectivity index (χ2n) is 8.25. The Bertz CT molecular complexity index is 1440. The molecule has 1 aliphatic heterocycles. The van der Waals surface area contributed by atoms with Gasteiger partial charge in [0.1, 0.15) is 11.5 Å². The number of rotatable bonds is 7. The molecule has 3 aromatic carbocycles. The summed E-state index contributed by atoms with van der Waals surface area (Å²) in [5, 5.41) is 10.0. The number of aromatic amines is 1. The summed E-state index contributed by atoms with van der Waals surface area (Å²) in [6.07, 6.45) is 0.493. The third-order valence-electron chi connectivity index (χ3n) is 5.79. The molecule has 8 nitrogen and oxygen atoms in total. The van der Waals surface area contributed by atoms with E-state index in [0.29, 0.717) is 41.4 Å². The standard InChI is InChI=1S/C26H24N4O4S/c31-26(20-10-7-13-22(16-20)34-21-11-5-2-6-12-21)27-25-23-17-30(15-14-24(23)28-29-25)35(32,33)18-19-8-3-1-4-9-19/h1-13,16H,14-15,17-18H2,(H2,27,28,29,31). The van der Waals surface area contributed by atoms with Crippen LogP contribution in [0.25, 0.3) is 0 Å². The highest BCUT2D eigenvalue weighted by Crippen LogP contribution is 2.28. The SMILES string of the molecule is O=C(Nc1n[nH]c2c1CN(S(=O)(=O)Cc1ccccc1)CC2)c1cccc(Oc2ccccc2)c1. The number of nitrogens with zero attached hydrogens (tertiary/aromatic N) is 2. The van der Waals surface area contributed by atoms with Crippen LogP contribution in [0.2, 0.25) is 0 Å². The lowest BCUT2D eigenvalue weighted by molar-refractivity contribution is 0.102. The first-order chi connectivity index (χ1) is 17.0. The molecule has 1 aliphatic rings. The molecule has 178 valence electrons. The number of sulfonamides is 1. The average molecular weight is 489 g/mol. The zero-order chi connectivity index (χ0) is 24.3. The Morgan fingerprint density at radius 3 is 2.46 bits per heavy atom. The van der Waals surface area contributed by atoms with E-state index in [1.165, 1.54) is 4.31 Å². The van der Waals surface area contributed by atoms with Crippen LogP contribution < -0.4 is 10.1 Å². The number of hydrogen-bond donors (Lipinski definition) is 2. The van der Waals surface area contributed by atoms with Crippen LogP contribution in [-0.4, -0.2) is 35.4 Å². The van der Waals surface area contributed by atoms with Gasteiger partial charge in [-0.15, -0.1) is 0 Å². The second-order valence-corrected chi connectivity index (χ2v) is 10.2. The Hall–Kier alpha value is -3.95. The third-order valence-corrected chi connectivity index (χ3v) is 7.59. The normalized spacial score (nSPS) is 13.7. The highest BCUT2D eigenvalue weighted by atomic mass is 32.2. The van der Waals surface area contributed by atoms with Crippen LogP contribution in [-0.2, 0) is 28.7 Å². The molecule has 2 N–H and O–H groups in total. The number of hydrogen-bond acceptors (Lipinski definition) is 5. The molecule has 0 spiro atoms. The summed E-state index contributed by atoms with van der Waals surface area (Å²) in [7, 11) is -3.53. The number of nitrogens with one attached hydrogen (secondary N) is 2. The van der Waals surface area contributed by atoms with Crippen molar-refractivity contribution in [3.63, 3.8) is 0 Å². The van der Waals surface area contributed by atoms with Gasteiger partial charge in [-0.2, -0.15) is 9.40 Å². The quantitative estimate of drug-likeness (QED) is 0.403. The lowest BCUT2D eigenvalue weighted by Gasteiger charge is -2.26. The number of aromatic nitrogens is 2. The molecule has 0 atom stereocenters. The smallest absolute Gasteiger partial charge is 0.257 e. The minimum atomic E-state index is -3.53. The third kappa shape index (κ3) is 5.26. The number of anilines is 1. The number of H-pyrrole nitrogens is 1. The summed E-state index contributed by atoms with van der Waals surface area (Å²) in [6.45, 7) is 0.504. The predicted molar refractivity (Wildman–Crippen MR) is 133 cm³/mol. The minimum absolute atomic E-state index is 0.0725. The van der Waals surface area contributed by atoms with Crippen molar-refractivity contribution >= 4 is 21.7 Å². The number of carbonyl (C=O) groups excluding carboxylic acids is 1. The fourth-order valence-electron chi connectivity index (χ4n) is 3.99. The van der Waals surface area contributed by atoms with Gasteiger partial charge in [0.15, 0.2) is 5.82 Å². The molecule has 5 rings (SSSR count). The van der Waals surface area contributed by atoms with E-state index < -0.39 is 10.0 Å². The van der Waals surface area contributed by atoms with Gasteiger partial charge in [0, 0.05) is 36.3 Å². The van der Waals surface area contributed by atoms with Gasteiger partial charge in [-0.3, -0.25) is 9.89 Å². The van der Waals surface area contributed by atoms with Crippen LogP contribution >= 0.6 is 0 Å². The van der Waals surface area contributed by atoms with E-state index in [2.05, 4.69) is 15.5 Å². The Labute approximate surface area is 203 Å². The first kappa shape index (κ1) is 22.8. The molecule has 1 aromatic heterocycles. The van der Waals surface area contributed by atoms with Crippen molar-refractivity contribution in [1.29, 1.82) is 0 Å². The van der Waals surface area contributed by atoms with E-state index >= 15 is 0 Å². The molecule has 0 saturated carbocycles. The summed E-state index contributed by atoms with van der Waals surface area (Å²) in [4.78, 5) is 13.0. The van der Waals surface area contributed by atoms with Crippen LogP contribution in [0.1, 0.15) is 27.2 Å².